The van der Waals surface area contributed by atoms with E-state index in [1.165, 1.54) is 24.3 Å². The molecule has 2 aromatic carbocycles. The van der Waals surface area contributed by atoms with Gasteiger partial charge in [0, 0.05) is 5.69 Å². The number of fused-ring (bicyclic) bond motifs is 1. The highest BCUT2D eigenvalue weighted by Gasteiger charge is 2.52. The molecule has 2 aliphatic rings. The highest BCUT2D eigenvalue weighted by atomic mass is 35.5. The van der Waals surface area contributed by atoms with E-state index in [9.17, 15) is 19.2 Å². The summed E-state index contributed by atoms with van der Waals surface area (Å²) in [6.45, 7) is 3.34. The number of alkyl halides is 2. The monoisotopic (exact) mass is 502 g/mol. The number of benzene rings is 2. The number of anilines is 2. The zero-order chi connectivity index (χ0) is 24.6. The van der Waals surface area contributed by atoms with E-state index in [4.69, 9.17) is 27.9 Å². The minimum atomic E-state index is -0.689. The van der Waals surface area contributed by atoms with Crippen LogP contribution in [0.15, 0.2) is 42.5 Å². The topological polar surface area (TPSA) is 92.8 Å². The molecule has 34 heavy (non-hydrogen) atoms. The molecule has 1 saturated carbocycles. The summed E-state index contributed by atoms with van der Waals surface area (Å²) in [7, 11) is 0. The molecule has 0 radical (unpaired) electrons. The Bertz CT molecular complexity index is 1120. The number of amides is 3. The van der Waals surface area contributed by atoms with Gasteiger partial charge >= 0.3 is 5.97 Å². The SMILES string of the molecule is Cc1ccc(C)c(NC(=O)COC(=O)c2ccc(N3C(=O)[C@H]4C[C@@H](Cl)[C@@H](Cl)C[C@H]4C3=O)cc2)c1. The van der Waals surface area contributed by atoms with Gasteiger partial charge in [0.15, 0.2) is 6.61 Å². The first-order valence-electron chi connectivity index (χ1n) is 11.0. The Kier molecular flexibility index (Phi) is 6.96. The molecule has 1 aliphatic carbocycles. The smallest absolute Gasteiger partial charge is 0.338 e. The molecule has 7 nitrogen and oxygen atoms in total. The molecule has 2 aromatic rings. The molecule has 9 heteroatoms. The van der Waals surface area contributed by atoms with E-state index in [1.54, 1.807) is 0 Å². The van der Waals surface area contributed by atoms with Crippen molar-refractivity contribution in [2.75, 3.05) is 16.8 Å². The quantitative estimate of drug-likeness (QED) is 0.375. The standard InChI is InChI=1S/C25H24Cl2N2O5/c1-13-3-4-14(2)21(9-13)28-22(30)12-34-25(33)15-5-7-16(8-6-15)29-23(31)17-10-19(26)20(27)11-18(17)24(29)32/h3-9,17-20H,10-12H2,1-2H3,(H,28,30)/t17-,18+,19+,20-. The summed E-state index contributed by atoms with van der Waals surface area (Å²) in [4.78, 5) is 51.4. The van der Waals surface area contributed by atoms with Crippen molar-refractivity contribution in [1.82, 2.24) is 0 Å². The van der Waals surface area contributed by atoms with Crippen LogP contribution in [0.4, 0.5) is 11.4 Å². The van der Waals surface area contributed by atoms with Crippen molar-refractivity contribution in [2.45, 2.75) is 37.4 Å². The Morgan fingerprint density at radius 1 is 0.971 bits per heavy atom. The van der Waals surface area contributed by atoms with Crippen LogP contribution in [0, 0.1) is 25.7 Å². The fraction of sp³-hybridized carbons (Fsp3) is 0.360. The summed E-state index contributed by atoms with van der Waals surface area (Å²) in [6, 6.07) is 11.6. The Morgan fingerprint density at radius 3 is 2.15 bits per heavy atom. The van der Waals surface area contributed by atoms with Gasteiger partial charge in [0.05, 0.1) is 33.8 Å². The first-order chi connectivity index (χ1) is 16.2. The van der Waals surface area contributed by atoms with E-state index < -0.39 is 30.3 Å². The summed E-state index contributed by atoms with van der Waals surface area (Å²) < 4.78 is 5.11. The average molecular weight is 503 g/mol. The van der Waals surface area contributed by atoms with Crippen molar-refractivity contribution in [3.05, 3.63) is 59.2 Å². The number of esters is 1. The van der Waals surface area contributed by atoms with E-state index in [-0.39, 0.29) is 28.1 Å². The minimum Gasteiger partial charge on any atom is -0.452 e. The van der Waals surface area contributed by atoms with Gasteiger partial charge in [0.25, 0.3) is 5.91 Å². The van der Waals surface area contributed by atoms with E-state index in [2.05, 4.69) is 5.32 Å². The number of hydrogen-bond donors (Lipinski definition) is 1. The zero-order valence-corrected chi connectivity index (χ0v) is 20.2. The summed E-state index contributed by atoms with van der Waals surface area (Å²) >= 11 is 12.4. The van der Waals surface area contributed by atoms with Crippen molar-refractivity contribution in [3.63, 3.8) is 0 Å². The summed E-state index contributed by atoms with van der Waals surface area (Å²) in [5.74, 6) is -2.71. The third kappa shape index (κ3) is 4.81. The van der Waals surface area contributed by atoms with Crippen LogP contribution in [-0.2, 0) is 19.1 Å². The van der Waals surface area contributed by atoms with Crippen LogP contribution >= 0.6 is 23.2 Å². The van der Waals surface area contributed by atoms with Gasteiger partial charge in [-0.2, -0.15) is 0 Å². The molecule has 1 N–H and O–H groups in total. The maximum absolute atomic E-state index is 12.9. The first-order valence-corrected chi connectivity index (χ1v) is 11.8. The zero-order valence-electron chi connectivity index (χ0n) is 18.7. The van der Waals surface area contributed by atoms with Crippen molar-refractivity contribution >= 4 is 58.3 Å². The molecule has 1 heterocycles. The predicted octanol–water partition coefficient (Wildman–Crippen LogP) is 4.21. The second-order valence-electron chi connectivity index (χ2n) is 8.72. The van der Waals surface area contributed by atoms with Crippen LogP contribution in [0.1, 0.15) is 34.3 Å². The lowest BCUT2D eigenvalue weighted by molar-refractivity contribution is -0.122. The minimum absolute atomic E-state index is 0.196. The lowest BCUT2D eigenvalue weighted by Crippen LogP contribution is -2.34. The fourth-order valence-corrected chi connectivity index (χ4v) is 4.96. The lowest BCUT2D eigenvalue weighted by Gasteiger charge is -2.28. The number of halogens is 2. The molecule has 4 rings (SSSR count). The van der Waals surface area contributed by atoms with Crippen molar-refractivity contribution in [2.24, 2.45) is 11.8 Å². The molecule has 4 atom stereocenters. The number of rotatable bonds is 5. The number of ether oxygens (including phenoxy) is 1. The molecular formula is C25H24Cl2N2O5. The van der Waals surface area contributed by atoms with Gasteiger partial charge in [-0.3, -0.25) is 19.3 Å². The molecule has 0 unspecified atom stereocenters. The van der Waals surface area contributed by atoms with Crippen molar-refractivity contribution in [1.29, 1.82) is 0 Å². The number of nitrogens with one attached hydrogen (secondary N) is 1. The Hall–Kier alpha value is -2.90. The third-order valence-corrected chi connectivity index (χ3v) is 7.37. The second-order valence-corrected chi connectivity index (χ2v) is 9.84. The van der Waals surface area contributed by atoms with Gasteiger partial charge in [-0.1, -0.05) is 12.1 Å². The van der Waals surface area contributed by atoms with Crippen LogP contribution in [0.5, 0.6) is 0 Å². The summed E-state index contributed by atoms with van der Waals surface area (Å²) in [5, 5.41) is 2.01. The summed E-state index contributed by atoms with van der Waals surface area (Å²) in [5.41, 5.74) is 3.12. The maximum Gasteiger partial charge on any atom is 0.338 e. The second kappa shape index (κ2) is 9.76. The number of carbonyl (C=O) groups excluding carboxylic acids is 4. The molecule has 3 amide bonds. The van der Waals surface area contributed by atoms with Crippen LogP contribution in [0.3, 0.4) is 0 Å². The highest BCUT2D eigenvalue weighted by Crippen LogP contribution is 2.43. The van der Waals surface area contributed by atoms with Crippen LogP contribution in [0.25, 0.3) is 0 Å². The summed E-state index contributed by atoms with van der Waals surface area (Å²) in [6.07, 6.45) is 0.714. The Balaban J connectivity index is 1.37. The third-order valence-electron chi connectivity index (χ3n) is 6.27. The number of nitrogens with zero attached hydrogens (tertiary/aromatic N) is 1. The Morgan fingerprint density at radius 2 is 1.56 bits per heavy atom. The average Bonchev–Trinajstić information content (AvgIpc) is 3.04. The molecule has 2 fully saturated rings. The number of hydrogen-bond acceptors (Lipinski definition) is 5. The molecule has 0 bridgehead atoms. The normalized spacial score (nSPS) is 24.1. The van der Waals surface area contributed by atoms with Crippen LogP contribution < -0.4 is 10.2 Å². The van der Waals surface area contributed by atoms with Gasteiger partial charge in [0.2, 0.25) is 11.8 Å². The van der Waals surface area contributed by atoms with Crippen LogP contribution in [-0.4, -0.2) is 41.1 Å². The molecule has 1 aliphatic heterocycles. The molecular weight excluding hydrogens is 479 g/mol. The van der Waals surface area contributed by atoms with Crippen molar-refractivity contribution in [3.8, 4) is 0 Å². The van der Waals surface area contributed by atoms with E-state index in [0.29, 0.717) is 24.2 Å². The van der Waals surface area contributed by atoms with E-state index in [1.807, 2.05) is 32.0 Å². The molecule has 0 spiro atoms. The largest absolute Gasteiger partial charge is 0.452 e. The van der Waals surface area contributed by atoms with Gasteiger partial charge in [0.1, 0.15) is 0 Å². The van der Waals surface area contributed by atoms with Gasteiger partial charge in [-0.05, 0) is 68.1 Å². The molecule has 0 aromatic heterocycles. The van der Waals surface area contributed by atoms with Crippen molar-refractivity contribution < 1.29 is 23.9 Å². The highest BCUT2D eigenvalue weighted by molar-refractivity contribution is 6.31. The van der Waals surface area contributed by atoms with Gasteiger partial charge in [-0.15, -0.1) is 23.2 Å². The first kappa shape index (κ1) is 24.2. The molecule has 1 saturated heterocycles. The maximum atomic E-state index is 12.9. The van der Waals surface area contributed by atoms with Gasteiger partial charge in [-0.25, -0.2) is 4.79 Å². The predicted molar refractivity (Wildman–Crippen MR) is 129 cm³/mol. The Labute approximate surface area is 207 Å². The van der Waals surface area contributed by atoms with E-state index in [0.717, 1.165) is 16.0 Å². The lowest BCUT2D eigenvalue weighted by atomic mass is 9.80. The van der Waals surface area contributed by atoms with E-state index >= 15 is 0 Å². The van der Waals surface area contributed by atoms with Crippen LogP contribution in [0.2, 0.25) is 0 Å². The number of carbonyl (C=O) groups is 4. The number of aryl methyl sites for hydroxylation is 2. The molecule has 178 valence electrons. The van der Waals surface area contributed by atoms with Gasteiger partial charge < -0.3 is 10.1 Å². The number of imide groups is 1. The fourth-order valence-electron chi connectivity index (χ4n) is 4.37.